The average molecular weight is 239 g/mol. The molecule has 0 unspecified atom stereocenters. The molecule has 0 heterocycles. The molecule has 0 radical (unpaired) electrons. The monoisotopic (exact) mass is 239 g/mol. The Morgan fingerprint density at radius 2 is 1.35 bits per heavy atom. The van der Waals surface area contributed by atoms with E-state index >= 15 is 0 Å². The molecule has 1 N–H and O–H groups in total. The second kappa shape index (κ2) is 5.27. The molecule has 2 aliphatic carbocycles. The first-order chi connectivity index (χ1) is 7.98. The molecule has 17 heavy (non-hydrogen) atoms. The molecule has 0 aromatic carbocycles. The molecule has 0 aliphatic heterocycles. The molecule has 2 fully saturated rings. The van der Waals surface area contributed by atoms with Gasteiger partial charge in [-0.1, -0.05) is 13.8 Å². The van der Waals surface area contributed by atoms with Gasteiger partial charge in [0.1, 0.15) is 0 Å². The molecule has 0 spiro atoms. The summed E-state index contributed by atoms with van der Waals surface area (Å²) < 4.78 is 0. The average Bonchev–Trinajstić information content (AvgIpc) is 2.29. The van der Waals surface area contributed by atoms with Gasteiger partial charge in [0.25, 0.3) is 0 Å². The first-order valence-corrected chi connectivity index (χ1v) is 7.38. The zero-order valence-electron chi connectivity index (χ0n) is 11.8. The first kappa shape index (κ1) is 13.4. The lowest BCUT2D eigenvalue weighted by molar-refractivity contribution is 0.0442. The third kappa shape index (κ3) is 3.45. The molecule has 0 aromatic heterocycles. The van der Waals surface area contributed by atoms with E-state index in [-0.39, 0.29) is 6.10 Å². The van der Waals surface area contributed by atoms with Gasteiger partial charge in [-0.15, -0.1) is 0 Å². The summed E-state index contributed by atoms with van der Waals surface area (Å²) in [5, 5.41) is 9.57. The minimum atomic E-state index is -0.0232. The molecule has 2 aliphatic rings. The van der Waals surface area contributed by atoms with Crippen LogP contribution in [0.2, 0.25) is 0 Å². The summed E-state index contributed by atoms with van der Waals surface area (Å²) in [7, 11) is 2.31. The fourth-order valence-electron chi connectivity index (χ4n) is 3.55. The van der Waals surface area contributed by atoms with E-state index in [2.05, 4.69) is 25.8 Å². The van der Waals surface area contributed by atoms with Crippen LogP contribution in [-0.2, 0) is 0 Å². The fraction of sp³-hybridized carbons (Fsp3) is 1.00. The molecule has 0 saturated heterocycles. The number of nitrogens with zero attached hydrogens (tertiary/aromatic N) is 1. The largest absolute Gasteiger partial charge is 0.393 e. The molecule has 100 valence electrons. The van der Waals surface area contributed by atoms with Crippen molar-refractivity contribution in [1.82, 2.24) is 4.90 Å². The Morgan fingerprint density at radius 1 is 0.882 bits per heavy atom. The minimum Gasteiger partial charge on any atom is -0.393 e. The third-order valence-corrected chi connectivity index (χ3v) is 5.13. The number of rotatable bonds is 2. The van der Waals surface area contributed by atoms with E-state index in [9.17, 15) is 5.11 Å². The third-order valence-electron chi connectivity index (χ3n) is 5.13. The molecule has 2 saturated carbocycles. The van der Waals surface area contributed by atoms with Gasteiger partial charge in [0.05, 0.1) is 6.10 Å². The molecular formula is C15H29NO. The van der Waals surface area contributed by atoms with Crippen LogP contribution in [0.15, 0.2) is 0 Å². The SMILES string of the molecule is CN(C1CCC(O)CC1)C1CCC(C)(C)CC1. The highest BCUT2D eigenvalue weighted by molar-refractivity contribution is 4.87. The Bertz CT molecular complexity index is 233. The molecule has 2 rings (SSSR count). The van der Waals surface area contributed by atoms with Crippen LogP contribution in [0.25, 0.3) is 0 Å². The smallest absolute Gasteiger partial charge is 0.0541 e. The number of hydrogen-bond acceptors (Lipinski definition) is 2. The lowest BCUT2D eigenvalue weighted by Gasteiger charge is -2.43. The van der Waals surface area contributed by atoms with Gasteiger partial charge in [-0.2, -0.15) is 0 Å². The molecule has 0 atom stereocenters. The molecule has 0 aromatic rings. The van der Waals surface area contributed by atoms with Crippen LogP contribution in [0, 0.1) is 5.41 Å². The molecule has 0 amide bonds. The van der Waals surface area contributed by atoms with Crippen LogP contribution in [0.5, 0.6) is 0 Å². The van der Waals surface area contributed by atoms with Crippen LogP contribution < -0.4 is 0 Å². The van der Waals surface area contributed by atoms with Crippen LogP contribution in [0.3, 0.4) is 0 Å². The number of aliphatic hydroxyl groups is 1. The molecule has 2 heteroatoms. The molecule has 2 nitrogen and oxygen atoms in total. The van der Waals surface area contributed by atoms with Gasteiger partial charge in [-0.3, -0.25) is 0 Å². The van der Waals surface area contributed by atoms with Crippen molar-refractivity contribution in [2.45, 2.75) is 83.4 Å². The minimum absolute atomic E-state index is 0.0232. The highest BCUT2D eigenvalue weighted by Crippen LogP contribution is 2.38. The highest BCUT2D eigenvalue weighted by Gasteiger charge is 2.32. The van der Waals surface area contributed by atoms with Gasteiger partial charge in [0, 0.05) is 12.1 Å². The van der Waals surface area contributed by atoms with Crippen molar-refractivity contribution in [2.24, 2.45) is 5.41 Å². The van der Waals surface area contributed by atoms with Crippen molar-refractivity contribution in [3.63, 3.8) is 0 Å². The van der Waals surface area contributed by atoms with Crippen LogP contribution in [0.4, 0.5) is 0 Å². The Kier molecular flexibility index (Phi) is 4.14. The van der Waals surface area contributed by atoms with Gasteiger partial charge in [-0.05, 0) is 63.8 Å². The zero-order valence-corrected chi connectivity index (χ0v) is 11.8. The fourth-order valence-corrected chi connectivity index (χ4v) is 3.55. The maximum absolute atomic E-state index is 9.57. The predicted octanol–water partition coefficient (Wildman–Crippen LogP) is 3.19. The van der Waals surface area contributed by atoms with Crippen LogP contribution in [-0.4, -0.2) is 35.2 Å². The number of hydrogen-bond donors (Lipinski definition) is 1. The Morgan fingerprint density at radius 3 is 1.88 bits per heavy atom. The van der Waals surface area contributed by atoms with E-state index in [1.807, 2.05) is 0 Å². The van der Waals surface area contributed by atoms with E-state index in [0.717, 1.165) is 24.9 Å². The van der Waals surface area contributed by atoms with Gasteiger partial charge in [0.15, 0.2) is 0 Å². The molecular weight excluding hydrogens is 210 g/mol. The van der Waals surface area contributed by atoms with Gasteiger partial charge in [-0.25, -0.2) is 0 Å². The lowest BCUT2D eigenvalue weighted by atomic mass is 9.75. The van der Waals surface area contributed by atoms with E-state index < -0.39 is 0 Å². The van der Waals surface area contributed by atoms with Crippen LogP contribution >= 0.6 is 0 Å². The summed E-state index contributed by atoms with van der Waals surface area (Å²) in [5.41, 5.74) is 0.570. The topological polar surface area (TPSA) is 23.5 Å². The predicted molar refractivity (Wildman–Crippen MR) is 72.1 cm³/mol. The number of aliphatic hydroxyl groups excluding tert-OH is 1. The standard InChI is InChI=1S/C15H29NO/c1-15(2)10-8-13(9-11-15)16(3)12-4-6-14(17)7-5-12/h12-14,17H,4-11H2,1-3H3. The van der Waals surface area contributed by atoms with Crippen molar-refractivity contribution >= 4 is 0 Å². The maximum atomic E-state index is 9.57. The second-order valence-electron chi connectivity index (χ2n) is 7.02. The Hall–Kier alpha value is -0.0800. The maximum Gasteiger partial charge on any atom is 0.0541 e. The summed E-state index contributed by atoms with van der Waals surface area (Å²) in [6.45, 7) is 4.81. The summed E-state index contributed by atoms with van der Waals surface area (Å²) in [6.07, 6.45) is 9.85. The summed E-state index contributed by atoms with van der Waals surface area (Å²) >= 11 is 0. The second-order valence-corrected chi connectivity index (χ2v) is 7.02. The van der Waals surface area contributed by atoms with Crippen molar-refractivity contribution in [3.8, 4) is 0 Å². The summed E-state index contributed by atoms with van der Waals surface area (Å²) in [6, 6.07) is 1.52. The van der Waals surface area contributed by atoms with Crippen molar-refractivity contribution in [2.75, 3.05) is 7.05 Å². The van der Waals surface area contributed by atoms with Crippen molar-refractivity contribution in [3.05, 3.63) is 0 Å². The normalized spacial score (nSPS) is 35.1. The van der Waals surface area contributed by atoms with Gasteiger partial charge < -0.3 is 10.0 Å². The van der Waals surface area contributed by atoms with E-state index in [1.165, 1.54) is 38.5 Å². The van der Waals surface area contributed by atoms with E-state index in [0.29, 0.717) is 5.41 Å². The Balaban J connectivity index is 1.82. The van der Waals surface area contributed by atoms with Crippen molar-refractivity contribution in [1.29, 1.82) is 0 Å². The van der Waals surface area contributed by atoms with E-state index in [1.54, 1.807) is 0 Å². The van der Waals surface area contributed by atoms with E-state index in [4.69, 9.17) is 0 Å². The van der Waals surface area contributed by atoms with Gasteiger partial charge >= 0.3 is 0 Å². The lowest BCUT2D eigenvalue weighted by Crippen LogP contribution is -2.45. The highest BCUT2D eigenvalue weighted by atomic mass is 16.3. The van der Waals surface area contributed by atoms with Crippen molar-refractivity contribution < 1.29 is 5.11 Å². The summed E-state index contributed by atoms with van der Waals surface area (Å²) in [4.78, 5) is 2.63. The Labute approximate surface area is 106 Å². The quantitative estimate of drug-likeness (QED) is 0.800. The zero-order chi connectivity index (χ0) is 12.5. The summed E-state index contributed by atoms with van der Waals surface area (Å²) in [5.74, 6) is 0. The molecule has 0 bridgehead atoms. The first-order valence-electron chi connectivity index (χ1n) is 7.38. The van der Waals surface area contributed by atoms with Crippen LogP contribution in [0.1, 0.15) is 65.2 Å². The van der Waals surface area contributed by atoms with Gasteiger partial charge in [0.2, 0.25) is 0 Å².